The van der Waals surface area contributed by atoms with Gasteiger partial charge < -0.3 is 19.9 Å². The molecule has 0 aromatic heterocycles. The lowest BCUT2D eigenvalue weighted by Gasteiger charge is -2.27. The molecule has 0 saturated heterocycles. The summed E-state index contributed by atoms with van der Waals surface area (Å²) < 4.78 is 10.6. The summed E-state index contributed by atoms with van der Waals surface area (Å²) in [6.07, 6.45) is -0.0325. The fourth-order valence-electron chi connectivity index (χ4n) is 2.98. The van der Waals surface area contributed by atoms with Crippen LogP contribution in [0.1, 0.15) is 23.6 Å². The highest BCUT2D eigenvalue weighted by atomic mass is 16.7. The summed E-state index contributed by atoms with van der Waals surface area (Å²) in [5.74, 6) is 0.279. The average molecular weight is 370 g/mol. The van der Waals surface area contributed by atoms with Gasteiger partial charge in [0, 0.05) is 13.1 Å². The molecule has 0 aliphatic carbocycles. The lowest BCUT2D eigenvalue weighted by atomic mass is 10.0. The van der Waals surface area contributed by atoms with Crippen LogP contribution in [-0.4, -0.2) is 42.3 Å². The zero-order chi connectivity index (χ0) is 19.2. The van der Waals surface area contributed by atoms with Gasteiger partial charge in [-0.1, -0.05) is 36.4 Å². The number of fused-ring (bicyclic) bond motifs is 1. The number of carboxylic acids is 1. The van der Waals surface area contributed by atoms with Gasteiger partial charge in [-0.25, -0.2) is 0 Å². The minimum Gasteiger partial charge on any atom is -0.481 e. The molecule has 142 valence electrons. The molecule has 1 aliphatic rings. The van der Waals surface area contributed by atoms with Crippen LogP contribution in [0.4, 0.5) is 0 Å². The van der Waals surface area contributed by atoms with Crippen LogP contribution in [0.5, 0.6) is 11.5 Å². The molecule has 3 rings (SSSR count). The summed E-state index contributed by atoms with van der Waals surface area (Å²) >= 11 is 0. The second-order valence-electron chi connectivity index (χ2n) is 6.34. The number of likely N-dealkylation sites (N-methyl/N-ethyl adjacent to an activating group) is 1. The molecule has 27 heavy (non-hydrogen) atoms. The van der Waals surface area contributed by atoms with Crippen molar-refractivity contribution in [2.75, 3.05) is 20.4 Å². The Bertz CT molecular complexity index is 809. The first kappa shape index (κ1) is 18.7. The first-order valence-electron chi connectivity index (χ1n) is 8.68. The minimum atomic E-state index is -0.894. The fraction of sp³-hybridized carbons (Fsp3) is 0.300. The lowest BCUT2D eigenvalue weighted by Crippen LogP contribution is -2.39. The number of aliphatic carboxylic acids is 1. The van der Waals surface area contributed by atoms with E-state index in [1.807, 2.05) is 48.5 Å². The van der Waals surface area contributed by atoms with E-state index in [9.17, 15) is 9.59 Å². The van der Waals surface area contributed by atoms with Crippen molar-refractivity contribution < 1.29 is 24.2 Å². The molecule has 0 radical (unpaired) electrons. The predicted molar refractivity (Wildman–Crippen MR) is 98.5 cm³/mol. The number of rotatable bonds is 8. The molecule has 7 heteroatoms. The maximum absolute atomic E-state index is 12.9. The van der Waals surface area contributed by atoms with Crippen molar-refractivity contribution in [3.8, 4) is 11.5 Å². The number of benzene rings is 2. The molecule has 0 fully saturated rings. The quantitative estimate of drug-likeness (QED) is 0.741. The Balaban J connectivity index is 1.69. The number of hydrogen-bond acceptors (Lipinski definition) is 5. The molecule has 1 amide bonds. The van der Waals surface area contributed by atoms with E-state index in [0.717, 1.165) is 11.1 Å². The molecule has 1 aliphatic heterocycles. The van der Waals surface area contributed by atoms with Gasteiger partial charge in [0.2, 0.25) is 12.7 Å². The van der Waals surface area contributed by atoms with Crippen molar-refractivity contribution >= 4 is 11.9 Å². The maximum Gasteiger partial charge on any atom is 0.304 e. The van der Waals surface area contributed by atoms with Crippen LogP contribution in [0.15, 0.2) is 48.5 Å². The Hall–Kier alpha value is -3.06. The molecule has 1 unspecified atom stereocenters. The highest BCUT2D eigenvalue weighted by molar-refractivity contribution is 5.83. The Labute approximate surface area is 157 Å². The van der Waals surface area contributed by atoms with Gasteiger partial charge in [0.15, 0.2) is 11.5 Å². The highest BCUT2D eigenvalue weighted by Crippen LogP contribution is 2.32. The standard InChI is InChI=1S/C20H22N2O5/c1-22(10-9-18(23)24)19(15-5-3-2-4-6-15)20(25)21-12-14-7-8-16-17(11-14)27-13-26-16/h2-8,11,19H,9-10,12-13H2,1H3,(H,21,25)(H,23,24). The third kappa shape index (κ3) is 4.77. The molecular weight excluding hydrogens is 348 g/mol. The van der Waals surface area contributed by atoms with Crippen molar-refractivity contribution in [1.82, 2.24) is 10.2 Å². The van der Waals surface area contributed by atoms with Crippen molar-refractivity contribution in [1.29, 1.82) is 0 Å². The molecule has 2 aromatic rings. The Kier molecular flexibility index (Phi) is 5.93. The topological polar surface area (TPSA) is 88.1 Å². The van der Waals surface area contributed by atoms with E-state index in [1.165, 1.54) is 0 Å². The van der Waals surface area contributed by atoms with Gasteiger partial charge in [-0.3, -0.25) is 14.5 Å². The molecular formula is C20H22N2O5. The number of amides is 1. The van der Waals surface area contributed by atoms with Crippen LogP contribution in [-0.2, 0) is 16.1 Å². The van der Waals surface area contributed by atoms with E-state index >= 15 is 0 Å². The minimum absolute atomic E-state index is 0.0325. The number of carboxylic acid groups (broad SMARTS) is 1. The third-order valence-corrected chi connectivity index (χ3v) is 4.39. The normalized spacial score (nSPS) is 13.4. The van der Waals surface area contributed by atoms with E-state index in [-0.39, 0.29) is 25.7 Å². The number of ether oxygens (including phenoxy) is 2. The smallest absolute Gasteiger partial charge is 0.304 e. The molecule has 2 N–H and O–H groups in total. The van der Waals surface area contributed by atoms with E-state index < -0.39 is 12.0 Å². The van der Waals surface area contributed by atoms with Crippen LogP contribution in [0, 0.1) is 0 Å². The van der Waals surface area contributed by atoms with Gasteiger partial charge in [0.25, 0.3) is 0 Å². The van der Waals surface area contributed by atoms with Crippen LogP contribution in [0.2, 0.25) is 0 Å². The Morgan fingerprint density at radius 3 is 2.63 bits per heavy atom. The summed E-state index contributed by atoms with van der Waals surface area (Å²) in [7, 11) is 1.75. The molecule has 0 spiro atoms. The number of nitrogens with one attached hydrogen (secondary N) is 1. The van der Waals surface area contributed by atoms with Gasteiger partial charge >= 0.3 is 5.97 Å². The van der Waals surface area contributed by atoms with Crippen molar-refractivity contribution in [2.45, 2.75) is 19.0 Å². The van der Waals surface area contributed by atoms with E-state index in [0.29, 0.717) is 18.0 Å². The van der Waals surface area contributed by atoms with Crippen molar-refractivity contribution in [3.05, 3.63) is 59.7 Å². The maximum atomic E-state index is 12.9. The summed E-state index contributed by atoms with van der Waals surface area (Å²) in [6.45, 7) is 0.813. The van der Waals surface area contributed by atoms with Gasteiger partial charge in [0.1, 0.15) is 6.04 Å². The van der Waals surface area contributed by atoms with Crippen LogP contribution in [0.25, 0.3) is 0 Å². The third-order valence-electron chi connectivity index (χ3n) is 4.39. The zero-order valence-corrected chi connectivity index (χ0v) is 15.1. The Morgan fingerprint density at radius 2 is 1.89 bits per heavy atom. The average Bonchev–Trinajstić information content (AvgIpc) is 3.13. The molecule has 1 heterocycles. The highest BCUT2D eigenvalue weighted by Gasteiger charge is 2.25. The first-order valence-corrected chi connectivity index (χ1v) is 8.68. The largest absolute Gasteiger partial charge is 0.481 e. The molecule has 1 atom stereocenters. The summed E-state index contributed by atoms with van der Waals surface area (Å²) in [6, 6.07) is 14.3. The predicted octanol–water partition coefficient (Wildman–Crippen LogP) is 2.18. The number of hydrogen-bond donors (Lipinski definition) is 2. The Morgan fingerprint density at radius 1 is 1.15 bits per heavy atom. The fourth-order valence-corrected chi connectivity index (χ4v) is 2.98. The van der Waals surface area contributed by atoms with Gasteiger partial charge in [-0.05, 0) is 30.3 Å². The number of nitrogens with zero attached hydrogens (tertiary/aromatic N) is 1. The second-order valence-corrected chi connectivity index (χ2v) is 6.34. The lowest BCUT2D eigenvalue weighted by molar-refractivity contribution is -0.138. The van der Waals surface area contributed by atoms with Crippen molar-refractivity contribution in [2.24, 2.45) is 0 Å². The van der Waals surface area contributed by atoms with Crippen molar-refractivity contribution in [3.63, 3.8) is 0 Å². The number of carbonyl (C=O) groups is 2. The summed E-state index contributed by atoms with van der Waals surface area (Å²) in [5.41, 5.74) is 1.71. The zero-order valence-electron chi connectivity index (χ0n) is 15.1. The molecule has 0 saturated carbocycles. The van der Waals surface area contributed by atoms with E-state index in [2.05, 4.69) is 5.32 Å². The summed E-state index contributed by atoms with van der Waals surface area (Å²) in [5, 5.41) is 11.9. The first-order chi connectivity index (χ1) is 13.0. The van der Waals surface area contributed by atoms with E-state index in [1.54, 1.807) is 11.9 Å². The van der Waals surface area contributed by atoms with Crippen LogP contribution >= 0.6 is 0 Å². The SMILES string of the molecule is CN(CCC(=O)O)C(C(=O)NCc1ccc2c(c1)OCO2)c1ccccc1. The van der Waals surface area contributed by atoms with Crippen LogP contribution < -0.4 is 14.8 Å². The summed E-state index contributed by atoms with van der Waals surface area (Å²) in [4.78, 5) is 25.5. The van der Waals surface area contributed by atoms with Crippen LogP contribution in [0.3, 0.4) is 0 Å². The van der Waals surface area contributed by atoms with Gasteiger partial charge in [-0.2, -0.15) is 0 Å². The molecule has 0 bridgehead atoms. The monoisotopic (exact) mass is 370 g/mol. The van der Waals surface area contributed by atoms with Gasteiger partial charge in [0.05, 0.1) is 6.42 Å². The van der Waals surface area contributed by atoms with Gasteiger partial charge in [-0.15, -0.1) is 0 Å². The molecule has 7 nitrogen and oxygen atoms in total. The number of carbonyl (C=O) groups excluding carboxylic acids is 1. The molecule has 2 aromatic carbocycles. The van der Waals surface area contributed by atoms with E-state index in [4.69, 9.17) is 14.6 Å². The second kappa shape index (κ2) is 8.55.